The third-order valence-corrected chi connectivity index (χ3v) is 5.77. The van der Waals surface area contributed by atoms with E-state index in [1.54, 1.807) is 9.80 Å². The highest BCUT2D eigenvalue weighted by Crippen LogP contribution is 2.33. The lowest BCUT2D eigenvalue weighted by molar-refractivity contribution is -0.138. The number of alkyl halides is 3. The number of nitrogens with zero attached hydrogens (tertiary/aromatic N) is 3. The molecule has 0 spiro atoms. The summed E-state index contributed by atoms with van der Waals surface area (Å²) in [6.45, 7) is 3.50. The fourth-order valence-corrected chi connectivity index (χ4v) is 3.94. The molecule has 0 aliphatic carbocycles. The maximum atomic E-state index is 12.9. The van der Waals surface area contributed by atoms with Gasteiger partial charge in [-0.3, -0.25) is 14.4 Å². The largest absolute Gasteiger partial charge is 0.416 e. The highest BCUT2D eigenvalue weighted by Gasteiger charge is 2.30. The zero-order valence-corrected chi connectivity index (χ0v) is 17.6. The van der Waals surface area contributed by atoms with Crippen molar-refractivity contribution in [3.63, 3.8) is 0 Å². The first-order chi connectivity index (χ1) is 14.6. The van der Waals surface area contributed by atoms with E-state index >= 15 is 0 Å². The molecule has 3 rings (SSSR count). The molecule has 1 aliphatic heterocycles. The van der Waals surface area contributed by atoms with Gasteiger partial charge in [-0.25, -0.2) is 4.98 Å². The summed E-state index contributed by atoms with van der Waals surface area (Å²) in [5, 5.41) is 4.38. The van der Waals surface area contributed by atoms with Gasteiger partial charge in [0.1, 0.15) is 10.7 Å². The van der Waals surface area contributed by atoms with Crippen LogP contribution in [0.4, 0.5) is 13.2 Å². The molecule has 1 N–H and O–H groups in total. The van der Waals surface area contributed by atoms with Crippen LogP contribution in [0.15, 0.2) is 29.6 Å². The van der Waals surface area contributed by atoms with Gasteiger partial charge < -0.3 is 15.1 Å². The van der Waals surface area contributed by atoms with Gasteiger partial charge in [-0.2, -0.15) is 13.2 Å². The molecule has 2 aromatic rings. The number of halogens is 3. The van der Waals surface area contributed by atoms with E-state index in [1.807, 2.05) is 0 Å². The molecule has 2 heterocycles. The van der Waals surface area contributed by atoms with Crippen LogP contribution in [0, 0.1) is 0 Å². The lowest BCUT2D eigenvalue weighted by Gasteiger charge is -2.34. The Morgan fingerprint density at radius 2 is 1.81 bits per heavy atom. The molecule has 0 bridgehead atoms. The zero-order valence-electron chi connectivity index (χ0n) is 16.7. The van der Waals surface area contributed by atoms with Crippen LogP contribution in [0.2, 0.25) is 0 Å². The fraction of sp³-hybridized carbons (Fsp3) is 0.400. The molecule has 3 amide bonds. The first-order valence-electron chi connectivity index (χ1n) is 9.60. The molecule has 1 aliphatic rings. The van der Waals surface area contributed by atoms with Crippen LogP contribution in [-0.2, 0) is 15.8 Å². The predicted molar refractivity (Wildman–Crippen MR) is 108 cm³/mol. The van der Waals surface area contributed by atoms with Crippen molar-refractivity contribution in [2.24, 2.45) is 0 Å². The number of hydrogen-bond donors (Lipinski definition) is 1. The van der Waals surface area contributed by atoms with Gasteiger partial charge in [-0.1, -0.05) is 12.1 Å². The summed E-state index contributed by atoms with van der Waals surface area (Å²) in [5.41, 5.74) is -0.424. The smallest absolute Gasteiger partial charge is 0.350 e. The summed E-state index contributed by atoms with van der Waals surface area (Å²) in [4.78, 5) is 43.3. The van der Waals surface area contributed by atoms with Gasteiger partial charge in [0.15, 0.2) is 0 Å². The van der Waals surface area contributed by atoms with Crippen LogP contribution >= 0.6 is 11.3 Å². The maximum Gasteiger partial charge on any atom is 0.416 e. The summed E-state index contributed by atoms with van der Waals surface area (Å²) in [6.07, 6.45) is -4.35. The van der Waals surface area contributed by atoms with Crippen LogP contribution in [0.25, 0.3) is 10.6 Å². The Kier molecular flexibility index (Phi) is 6.94. The number of thiazole rings is 1. The SMILES string of the molecule is CC(=O)N1CCN(C(=O)CCNC(=O)c2csc(-c3cccc(C(F)(F)F)c3)n2)CC1. The first-order valence-corrected chi connectivity index (χ1v) is 10.5. The summed E-state index contributed by atoms with van der Waals surface area (Å²) in [6, 6.07) is 4.76. The standard InChI is InChI=1S/C20H21F3N4O3S/c1-13(28)26-7-9-27(10-8-26)17(29)5-6-24-18(30)16-12-31-19(25-16)14-3-2-4-15(11-14)20(21,22)23/h2-4,11-12H,5-10H2,1H3,(H,24,30). The highest BCUT2D eigenvalue weighted by atomic mass is 32.1. The predicted octanol–water partition coefficient (Wildman–Crippen LogP) is 2.64. The molecule has 31 heavy (non-hydrogen) atoms. The van der Waals surface area contributed by atoms with Crippen LogP contribution in [-0.4, -0.2) is 65.2 Å². The van der Waals surface area contributed by atoms with Crippen molar-refractivity contribution in [2.75, 3.05) is 32.7 Å². The fourth-order valence-electron chi connectivity index (χ4n) is 3.14. The monoisotopic (exact) mass is 454 g/mol. The van der Waals surface area contributed by atoms with Crippen LogP contribution in [0.1, 0.15) is 29.4 Å². The van der Waals surface area contributed by atoms with Crippen molar-refractivity contribution >= 4 is 29.1 Å². The second-order valence-corrected chi connectivity index (χ2v) is 7.87. The van der Waals surface area contributed by atoms with Crippen molar-refractivity contribution in [1.82, 2.24) is 20.1 Å². The Morgan fingerprint density at radius 3 is 2.45 bits per heavy atom. The Balaban J connectivity index is 1.51. The minimum Gasteiger partial charge on any atom is -0.350 e. The van der Waals surface area contributed by atoms with Gasteiger partial charge in [0, 0.05) is 57.0 Å². The van der Waals surface area contributed by atoms with Crippen molar-refractivity contribution in [2.45, 2.75) is 19.5 Å². The van der Waals surface area contributed by atoms with E-state index in [9.17, 15) is 27.6 Å². The van der Waals surface area contributed by atoms with E-state index in [2.05, 4.69) is 10.3 Å². The molecule has 166 valence electrons. The number of hydrogen-bond acceptors (Lipinski definition) is 5. The van der Waals surface area contributed by atoms with E-state index in [4.69, 9.17) is 0 Å². The molecule has 11 heteroatoms. The van der Waals surface area contributed by atoms with Gasteiger partial charge in [0.2, 0.25) is 11.8 Å². The topological polar surface area (TPSA) is 82.6 Å². The van der Waals surface area contributed by atoms with E-state index in [-0.39, 0.29) is 36.0 Å². The minimum absolute atomic E-state index is 0.0212. The third-order valence-electron chi connectivity index (χ3n) is 4.88. The number of aromatic nitrogens is 1. The number of amides is 3. The normalized spacial score (nSPS) is 14.5. The average molecular weight is 454 g/mol. The van der Waals surface area contributed by atoms with E-state index in [1.165, 1.54) is 24.4 Å². The number of nitrogens with one attached hydrogen (secondary N) is 1. The Bertz CT molecular complexity index is 969. The second-order valence-electron chi connectivity index (χ2n) is 7.01. The molecule has 1 fully saturated rings. The van der Waals surface area contributed by atoms with Crippen LogP contribution in [0.5, 0.6) is 0 Å². The molecule has 0 atom stereocenters. The summed E-state index contributed by atoms with van der Waals surface area (Å²) >= 11 is 1.07. The molecule has 0 unspecified atom stereocenters. The third kappa shape index (κ3) is 5.81. The Hall–Kier alpha value is -2.95. The second kappa shape index (κ2) is 9.46. The summed E-state index contributed by atoms with van der Waals surface area (Å²) in [5.74, 6) is -0.637. The van der Waals surface area contributed by atoms with Gasteiger partial charge in [0.05, 0.1) is 5.56 Å². The van der Waals surface area contributed by atoms with Crippen molar-refractivity contribution in [3.05, 3.63) is 40.9 Å². The van der Waals surface area contributed by atoms with Gasteiger partial charge in [-0.05, 0) is 12.1 Å². The number of benzene rings is 1. The lowest BCUT2D eigenvalue weighted by atomic mass is 10.1. The van der Waals surface area contributed by atoms with Crippen molar-refractivity contribution in [1.29, 1.82) is 0 Å². The highest BCUT2D eigenvalue weighted by molar-refractivity contribution is 7.13. The summed E-state index contributed by atoms with van der Waals surface area (Å²) in [7, 11) is 0. The van der Waals surface area contributed by atoms with E-state index in [0.29, 0.717) is 31.2 Å². The molecule has 1 saturated heterocycles. The Morgan fingerprint density at radius 1 is 1.13 bits per heavy atom. The molecular formula is C20H21F3N4O3S. The molecule has 0 radical (unpaired) electrons. The maximum absolute atomic E-state index is 12.9. The molecule has 1 aromatic heterocycles. The quantitative estimate of drug-likeness (QED) is 0.753. The number of carbonyl (C=O) groups excluding carboxylic acids is 3. The Labute approximate surface area is 180 Å². The lowest BCUT2D eigenvalue weighted by Crippen LogP contribution is -2.50. The van der Waals surface area contributed by atoms with E-state index < -0.39 is 17.6 Å². The first kappa shape index (κ1) is 22.7. The van der Waals surface area contributed by atoms with Crippen LogP contribution < -0.4 is 5.32 Å². The van der Waals surface area contributed by atoms with Crippen molar-refractivity contribution < 1.29 is 27.6 Å². The van der Waals surface area contributed by atoms with Gasteiger partial charge in [-0.15, -0.1) is 11.3 Å². The molecular weight excluding hydrogens is 433 g/mol. The molecule has 7 nitrogen and oxygen atoms in total. The van der Waals surface area contributed by atoms with Crippen molar-refractivity contribution in [3.8, 4) is 10.6 Å². The number of rotatable bonds is 5. The molecule has 1 aromatic carbocycles. The molecule has 0 saturated carbocycles. The average Bonchev–Trinajstić information content (AvgIpc) is 3.23. The minimum atomic E-state index is -4.46. The van der Waals surface area contributed by atoms with Gasteiger partial charge >= 0.3 is 6.18 Å². The van der Waals surface area contributed by atoms with E-state index in [0.717, 1.165) is 23.5 Å². The van der Waals surface area contributed by atoms with Crippen LogP contribution in [0.3, 0.4) is 0 Å². The summed E-state index contributed by atoms with van der Waals surface area (Å²) < 4.78 is 38.6. The van der Waals surface area contributed by atoms with Gasteiger partial charge in [0.25, 0.3) is 5.91 Å². The zero-order chi connectivity index (χ0) is 22.6. The number of piperazine rings is 1. The number of carbonyl (C=O) groups is 3.